The van der Waals surface area contributed by atoms with Gasteiger partial charge in [0.2, 0.25) is 0 Å². The van der Waals surface area contributed by atoms with Crippen LogP contribution in [0.2, 0.25) is 5.02 Å². The summed E-state index contributed by atoms with van der Waals surface area (Å²) in [6.07, 6.45) is 0. The van der Waals surface area contributed by atoms with E-state index < -0.39 is 4.92 Å². The Morgan fingerprint density at radius 1 is 1.40 bits per heavy atom. The monoisotopic (exact) mass is 314 g/mol. The summed E-state index contributed by atoms with van der Waals surface area (Å²) >= 11 is 7.86. The van der Waals surface area contributed by atoms with Gasteiger partial charge in [-0.15, -0.1) is 0 Å². The molecular formula is C13H15ClN2O3S. The smallest absolute Gasteiger partial charge is 0.270 e. The average Bonchev–Trinajstić information content (AvgIpc) is 2.36. The molecule has 0 radical (unpaired) electrons. The number of benzene rings is 1. The third kappa shape index (κ3) is 3.24. The number of hydrogen-bond acceptors (Lipinski definition) is 4. The van der Waals surface area contributed by atoms with E-state index in [2.05, 4.69) is 13.8 Å². The molecule has 0 aromatic heterocycles. The molecule has 2 unspecified atom stereocenters. The summed E-state index contributed by atoms with van der Waals surface area (Å²) in [7, 11) is 0. The third-order valence-corrected chi connectivity index (χ3v) is 4.64. The first-order chi connectivity index (χ1) is 9.38. The highest BCUT2D eigenvalue weighted by Crippen LogP contribution is 2.28. The van der Waals surface area contributed by atoms with E-state index in [0.29, 0.717) is 29.2 Å². The molecule has 1 amide bonds. The normalized spacial score (nSPS) is 22.6. The van der Waals surface area contributed by atoms with Crippen molar-refractivity contribution in [2.75, 3.05) is 13.1 Å². The van der Waals surface area contributed by atoms with Gasteiger partial charge in [0.05, 0.1) is 15.5 Å². The van der Waals surface area contributed by atoms with Crippen LogP contribution >= 0.6 is 23.4 Å². The first-order valence-electron chi connectivity index (χ1n) is 6.27. The first kappa shape index (κ1) is 15.1. The standard InChI is InChI=1S/C13H15ClN2O3S/c1-8-6-15(7-9(2)20-8)13(17)11-4-3-10(16(18)19)5-12(11)14/h3-5,8-9H,6-7H2,1-2H3. The maximum absolute atomic E-state index is 12.5. The minimum absolute atomic E-state index is 0.109. The number of carbonyl (C=O) groups excluding carboxylic acids is 1. The number of nitro groups is 1. The molecule has 0 N–H and O–H groups in total. The summed E-state index contributed by atoms with van der Waals surface area (Å²) in [5, 5.41) is 11.5. The van der Waals surface area contributed by atoms with Crippen LogP contribution in [0, 0.1) is 10.1 Å². The van der Waals surface area contributed by atoms with E-state index in [9.17, 15) is 14.9 Å². The molecule has 0 bridgehead atoms. The highest BCUT2D eigenvalue weighted by atomic mass is 35.5. The minimum atomic E-state index is -0.526. The summed E-state index contributed by atoms with van der Waals surface area (Å²) in [6.45, 7) is 5.50. The van der Waals surface area contributed by atoms with Gasteiger partial charge in [-0.2, -0.15) is 11.8 Å². The molecule has 0 aliphatic carbocycles. The van der Waals surface area contributed by atoms with Gasteiger partial charge in [0.15, 0.2) is 0 Å². The number of nitro benzene ring substituents is 1. The largest absolute Gasteiger partial charge is 0.336 e. The number of hydrogen-bond donors (Lipinski definition) is 0. The van der Waals surface area contributed by atoms with Crippen molar-refractivity contribution in [2.45, 2.75) is 24.3 Å². The second-order valence-corrected chi connectivity index (χ2v) is 7.18. The third-order valence-electron chi connectivity index (χ3n) is 3.10. The molecule has 1 aromatic rings. The van der Waals surface area contributed by atoms with Crippen LogP contribution in [0.4, 0.5) is 5.69 Å². The zero-order chi connectivity index (χ0) is 14.9. The summed E-state index contributed by atoms with van der Waals surface area (Å²) < 4.78 is 0. The zero-order valence-electron chi connectivity index (χ0n) is 11.2. The van der Waals surface area contributed by atoms with Gasteiger partial charge in [0.25, 0.3) is 11.6 Å². The SMILES string of the molecule is CC1CN(C(=O)c2ccc([N+](=O)[O-])cc2Cl)CC(C)S1. The fourth-order valence-corrected chi connectivity index (χ4v) is 3.89. The predicted octanol–water partition coefficient (Wildman–Crippen LogP) is 3.21. The quantitative estimate of drug-likeness (QED) is 0.621. The van der Waals surface area contributed by atoms with E-state index in [0.717, 1.165) is 0 Å². The minimum Gasteiger partial charge on any atom is -0.336 e. The molecule has 7 heteroatoms. The lowest BCUT2D eigenvalue weighted by Gasteiger charge is -2.34. The van der Waals surface area contributed by atoms with Gasteiger partial charge in [-0.05, 0) is 6.07 Å². The van der Waals surface area contributed by atoms with E-state index in [1.54, 1.807) is 4.90 Å². The van der Waals surface area contributed by atoms with Crippen LogP contribution in [0.1, 0.15) is 24.2 Å². The molecule has 1 heterocycles. The summed E-state index contributed by atoms with van der Waals surface area (Å²) in [5.74, 6) is -0.163. The van der Waals surface area contributed by atoms with E-state index in [1.165, 1.54) is 18.2 Å². The maximum atomic E-state index is 12.5. The van der Waals surface area contributed by atoms with Crippen molar-refractivity contribution in [2.24, 2.45) is 0 Å². The molecular weight excluding hydrogens is 300 g/mol. The summed E-state index contributed by atoms with van der Waals surface area (Å²) in [5.41, 5.74) is 0.214. The van der Waals surface area contributed by atoms with Crippen molar-refractivity contribution in [1.29, 1.82) is 0 Å². The molecule has 1 fully saturated rings. The van der Waals surface area contributed by atoms with Crippen molar-refractivity contribution in [3.8, 4) is 0 Å². The topological polar surface area (TPSA) is 63.5 Å². The van der Waals surface area contributed by atoms with Crippen molar-refractivity contribution >= 4 is 35.0 Å². The molecule has 5 nitrogen and oxygen atoms in total. The van der Waals surface area contributed by atoms with Crippen molar-refractivity contribution in [3.63, 3.8) is 0 Å². The average molecular weight is 315 g/mol. The number of halogens is 1. The maximum Gasteiger partial charge on any atom is 0.270 e. The van der Waals surface area contributed by atoms with Gasteiger partial charge in [-0.25, -0.2) is 0 Å². The van der Waals surface area contributed by atoms with E-state index in [-0.39, 0.29) is 16.6 Å². The Morgan fingerprint density at radius 3 is 2.50 bits per heavy atom. The number of thioether (sulfide) groups is 1. The Balaban J connectivity index is 2.23. The fraction of sp³-hybridized carbons (Fsp3) is 0.462. The van der Waals surface area contributed by atoms with Crippen LogP contribution in [0.25, 0.3) is 0 Å². The Morgan fingerprint density at radius 2 is 2.00 bits per heavy atom. The number of carbonyl (C=O) groups is 1. The lowest BCUT2D eigenvalue weighted by atomic mass is 10.1. The molecule has 1 saturated heterocycles. The highest BCUT2D eigenvalue weighted by Gasteiger charge is 2.28. The lowest BCUT2D eigenvalue weighted by Crippen LogP contribution is -2.44. The van der Waals surface area contributed by atoms with Gasteiger partial charge in [-0.3, -0.25) is 14.9 Å². The Labute approximate surface area is 126 Å². The van der Waals surface area contributed by atoms with Gasteiger partial charge in [0.1, 0.15) is 0 Å². The fourth-order valence-electron chi connectivity index (χ4n) is 2.31. The first-order valence-corrected chi connectivity index (χ1v) is 7.59. The van der Waals surface area contributed by atoms with Crippen LogP contribution in [0.15, 0.2) is 18.2 Å². The van der Waals surface area contributed by atoms with Crippen LogP contribution in [0.3, 0.4) is 0 Å². The Kier molecular flexibility index (Phi) is 4.55. The van der Waals surface area contributed by atoms with Crippen LogP contribution in [0.5, 0.6) is 0 Å². The molecule has 1 aromatic carbocycles. The highest BCUT2D eigenvalue weighted by molar-refractivity contribution is 8.00. The van der Waals surface area contributed by atoms with E-state index >= 15 is 0 Å². The van der Waals surface area contributed by atoms with Crippen LogP contribution in [-0.2, 0) is 0 Å². The Bertz CT molecular complexity index is 542. The van der Waals surface area contributed by atoms with E-state index in [4.69, 9.17) is 11.6 Å². The molecule has 20 heavy (non-hydrogen) atoms. The second kappa shape index (κ2) is 6.01. The van der Waals surface area contributed by atoms with Gasteiger partial charge < -0.3 is 4.90 Å². The molecule has 1 aliphatic rings. The molecule has 2 rings (SSSR count). The predicted molar refractivity (Wildman–Crippen MR) is 80.5 cm³/mol. The zero-order valence-corrected chi connectivity index (χ0v) is 12.8. The second-order valence-electron chi connectivity index (χ2n) is 4.89. The van der Waals surface area contributed by atoms with Crippen molar-refractivity contribution < 1.29 is 9.72 Å². The van der Waals surface area contributed by atoms with Crippen LogP contribution < -0.4 is 0 Å². The number of nitrogens with zero attached hydrogens (tertiary/aromatic N) is 2. The summed E-state index contributed by atoms with van der Waals surface area (Å²) in [4.78, 5) is 24.4. The van der Waals surface area contributed by atoms with Crippen molar-refractivity contribution in [3.05, 3.63) is 38.9 Å². The van der Waals surface area contributed by atoms with Crippen molar-refractivity contribution in [1.82, 2.24) is 4.90 Å². The molecule has 1 aliphatic heterocycles. The van der Waals surface area contributed by atoms with Gasteiger partial charge >= 0.3 is 0 Å². The van der Waals surface area contributed by atoms with Gasteiger partial charge in [-0.1, -0.05) is 25.4 Å². The molecule has 0 spiro atoms. The lowest BCUT2D eigenvalue weighted by molar-refractivity contribution is -0.384. The molecule has 0 saturated carbocycles. The molecule has 108 valence electrons. The Hall–Kier alpha value is -1.27. The van der Waals surface area contributed by atoms with Crippen LogP contribution in [-0.4, -0.2) is 39.3 Å². The number of amides is 1. The summed E-state index contributed by atoms with van der Waals surface area (Å²) in [6, 6.07) is 3.96. The molecule has 2 atom stereocenters. The van der Waals surface area contributed by atoms with Gasteiger partial charge in [0, 0.05) is 35.7 Å². The number of non-ortho nitro benzene ring substituents is 1. The van der Waals surface area contributed by atoms with E-state index in [1.807, 2.05) is 11.8 Å². The number of rotatable bonds is 2.